The lowest BCUT2D eigenvalue weighted by Gasteiger charge is -2.26. The van der Waals surface area contributed by atoms with Crippen molar-refractivity contribution in [3.8, 4) is 0 Å². The summed E-state index contributed by atoms with van der Waals surface area (Å²) in [5.41, 5.74) is 0. The van der Waals surface area contributed by atoms with Gasteiger partial charge in [-0.1, -0.05) is 26.0 Å². The van der Waals surface area contributed by atoms with Crippen molar-refractivity contribution < 1.29 is 24.6 Å². The molecule has 1 rings (SSSR count). The topological polar surface area (TPSA) is 104 Å². The number of carboxylic acids is 2. The maximum absolute atomic E-state index is 12.1. The fourth-order valence-electron chi connectivity index (χ4n) is 2.35. The van der Waals surface area contributed by atoms with Crippen LogP contribution in [0.1, 0.15) is 33.1 Å². The van der Waals surface area contributed by atoms with Crippen LogP contribution in [0.3, 0.4) is 0 Å². The number of carboxylic acid groups (broad SMARTS) is 2. The fraction of sp³-hybridized carbons (Fsp3) is 0.643. The Labute approximate surface area is 117 Å². The van der Waals surface area contributed by atoms with Crippen molar-refractivity contribution in [2.24, 2.45) is 17.8 Å². The summed E-state index contributed by atoms with van der Waals surface area (Å²) in [4.78, 5) is 34.4. The Morgan fingerprint density at radius 1 is 1.15 bits per heavy atom. The molecule has 0 spiro atoms. The van der Waals surface area contributed by atoms with Gasteiger partial charge in [-0.3, -0.25) is 9.59 Å². The van der Waals surface area contributed by atoms with Crippen LogP contribution in [-0.4, -0.2) is 34.1 Å². The van der Waals surface area contributed by atoms with Crippen LogP contribution < -0.4 is 5.32 Å². The van der Waals surface area contributed by atoms with E-state index in [1.807, 2.05) is 13.8 Å². The van der Waals surface area contributed by atoms with E-state index in [0.717, 1.165) is 0 Å². The van der Waals surface area contributed by atoms with E-state index in [2.05, 4.69) is 5.32 Å². The maximum Gasteiger partial charge on any atom is 0.326 e. The first-order valence-electron chi connectivity index (χ1n) is 6.74. The Bertz CT molecular complexity index is 416. The molecule has 0 heterocycles. The second-order valence-corrected chi connectivity index (χ2v) is 5.52. The highest BCUT2D eigenvalue weighted by Gasteiger charge is 2.35. The molecule has 1 aliphatic carbocycles. The average molecular weight is 283 g/mol. The first kappa shape index (κ1) is 16.2. The molecular weight excluding hydrogens is 262 g/mol. The first-order valence-corrected chi connectivity index (χ1v) is 6.74. The van der Waals surface area contributed by atoms with Crippen molar-refractivity contribution in [2.75, 3.05) is 0 Å². The van der Waals surface area contributed by atoms with Gasteiger partial charge in [-0.25, -0.2) is 4.79 Å². The normalized spacial score (nSPS) is 23.4. The molecule has 0 saturated heterocycles. The van der Waals surface area contributed by atoms with Crippen molar-refractivity contribution in [3.63, 3.8) is 0 Å². The van der Waals surface area contributed by atoms with Gasteiger partial charge in [0.05, 0.1) is 11.8 Å². The molecule has 1 amide bonds. The highest BCUT2D eigenvalue weighted by molar-refractivity contribution is 5.88. The molecule has 0 aromatic rings. The minimum atomic E-state index is -1.09. The molecule has 0 bridgehead atoms. The lowest BCUT2D eigenvalue weighted by atomic mass is 9.82. The van der Waals surface area contributed by atoms with Crippen LogP contribution in [0.4, 0.5) is 0 Å². The summed E-state index contributed by atoms with van der Waals surface area (Å²) in [5.74, 6) is -3.97. The van der Waals surface area contributed by atoms with Gasteiger partial charge in [-0.2, -0.15) is 0 Å². The number of hydrogen-bond donors (Lipinski definition) is 3. The molecule has 112 valence electrons. The lowest BCUT2D eigenvalue weighted by molar-refractivity contribution is -0.148. The molecule has 1 aliphatic rings. The van der Waals surface area contributed by atoms with E-state index in [0.29, 0.717) is 19.3 Å². The van der Waals surface area contributed by atoms with Gasteiger partial charge in [-0.05, 0) is 25.2 Å². The molecule has 3 N–H and O–H groups in total. The van der Waals surface area contributed by atoms with Crippen molar-refractivity contribution in [1.29, 1.82) is 0 Å². The number of carbonyl (C=O) groups excluding carboxylic acids is 1. The van der Waals surface area contributed by atoms with Crippen LogP contribution >= 0.6 is 0 Å². The Balaban J connectivity index is 2.74. The zero-order valence-electron chi connectivity index (χ0n) is 11.7. The predicted molar refractivity (Wildman–Crippen MR) is 72.0 cm³/mol. The van der Waals surface area contributed by atoms with Crippen LogP contribution in [0.25, 0.3) is 0 Å². The molecule has 3 atom stereocenters. The van der Waals surface area contributed by atoms with Gasteiger partial charge in [0, 0.05) is 0 Å². The summed E-state index contributed by atoms with van der Waals surface area (Å²) in [6.07, 6.45) is 4.46. The molecular formula is C14H21NO5. The van der Waals surface area contributed by atoms with Gasteiger partial charge in [0.25, 0.3) is 0 Å². The molecule has 0 saturated carbocycles. The first-order chi connectivity index (χ1) is 9.32. The third kappa shape index (κ3) is 4.36. The van der Waals surface area contributed by atoms with Gasteiger partial charge < -0.3 is 15.5 Å². The van der Waals surface area contributed by atoms with Crippen LogP contribution in [0.15, 0.2) is 12.2 Å². The second-order valence-electron chi connectivity index (χ2n) is 5.52. The van der Waals surface area contributed by atoms with E-state index in [4.69, 9.17) is 10.2 Å². The largest absolute Gasteiger partial charge is 0.481 e. The van der Waals surface area contributed by atoms with Crippen molar-refractivity contribution in [3.05, 3.63) is 12.2 Å². The Morgan fingerprint density at radius 3 is 2.15 bits per heavy atom. The van der Waals surface area contributed by atoms with Gasteiger partial charge in [0.1, 0.15) is 6.04 Å². The monoisotopic (exact) mass is 283 g/mol. The van der Waals surface area contributed by atoms with E-state index in [-0.39, 0.29) is 5.92 Å². The van der Waals surface area contributed by atoms with Gasteiger partial charge in [0.15, 0.2) is 0 Å². The van der Waals surface area contributed by atoms with Gasteiger partial charge >= 0.3 is 11.9 Å². The summed E-state index contributed by atoms with van der Waals surface area (Å²) < 4.78 is 0. The van der Waals surface area contributed by atoms with Crippen LogP contribution in [0.2, 0.25) is 0 Å². The minimum Gasteiger partial charge on any atom is -0.481 e. The van der Waals surface area contributed by atoms with E-state index < -0.39 is 35.7 Å². The van der Waals surface area contributed by atoms with E-state index in [1.54, 1.807) is 12.2 Å². The van der Waals surface area contributed by atoms with Gasteiger partial charge in [0.2, 0.25) is 5.91 Å². The highest BCUT2D eigenvalue weighted by atomic mass is 16.4. The van der Waals surface area contributed by atoms with E-state index in [1.165, 1.54) is 0 Å². The summed E-state index contributed by atoms with van der Waals surface area (Å²) in [6, 6.07) is -0.970. The predicted octanol–water partition coefficient (Wildman–Crippen LogP) is 1.27. The number of amides is 1. The zero-order chi connectivity index (χ0) is 15.3. The van der Waals surface area contributed by atoms with Gasteiger partial charge in [-0.15, -0.1) is 0 Å². The van der Waals surface area contributed by atoms with Crippen molar-refractivity contribution in [2.45, 2.75) is 39.2 Å². The molecule has 6 heteroatoms. The third-order valence-corrected chi connectivity index (χ3v) is 3.41. The van der Waals surface area contributed by atoms with E-state index >= 15 is 0 Å². The number of carbonyl (C=O) groups is 3. The standard InChI is InChI=1S/C14H21NO5/c1-8(2)7-11(14(19)20)15-12(16)9-5-3-4-6-10(9)13(17)18/h3-4,8-11H,5-7H2,1-2H3,(H,15,16)(H,17,18)(H,19,20)/t9-,10+,11?/m1/s1. The number of nitrogens with one attached hydrogen (secondary N) is 1. The number of allylic oxidation sites excluding steroid dienone is 2. The fourth-order valence-corrected chi connectivity index (χ4v) is 2.35. The van der Waals surface area contributed by atoms with Crippen molar-refractivity contribution in [1.82, 2.24) is 5.32 Å². The Kier molecular flexibility index (Phi) is 5.73. The molecule has 0 fully saturated rings. The van der Waals surface area contributed by atoms with Crippen LogP contribution in [0.5, 0.6) is 0 Å². The zero-order valence-corrected chi connectivity index (χ0v) is 11.7. The maximum atomic E-state index is 12.1. The van der Waals surface area contributed by atoms with E-state index in [9.17, 15) is 14.4 Å². The molecule has 20 heavy (non-hydrogen) atoms. The number of hydrogen-bond acceptors (Lipinski definition) is 3. The smallest absolute Gasteiger partial charge is 0.326 e. The average Bonchev–Trinajstić information content (AvgIpc) is 2.37. The second kappa shape index (κ2) is 7.07. The molecule has 1 unspecified atom stereocenters. The highest BCUT2D eigenvalue weighted by Crippen LogP contribution is 2.26. The molecule has 0 aliphatic heterocycles. The van der Waals surface area contributed by atoms with Crippen LogP contribution in [0, 0.1) is 17.8 Å². The van der Waals surface area contributed by atoms with Crippen LogP contribution in [-0.2, 0) is 14.4 Å². The van der Waals surface area contributed by atoms with Crippen molar-refractivity contribution >= 4 is 17.8 Å². The molecule has 0 aromatic heterocycles. The number of aliphatic carboxylic acids is 2. The summed E-state index contributed by atoms with van der Waals surface area (Å²) in [6.45, 7) is 3.73. The lowest BCUT2D eigenvalue weighted by Crippen LogP contribution is -2.47. The molecule has 0 aromatic carbocycles. The third-order valence-electron chi connectivity index (χ3n) is 3.41. The summed E-state index contributed by atoms with van der Waals surface area (Å²) in [5, 5.41) is 20.7. The Morgan fingerprint density at radius 2 is 1.70 bits per heavy atom. The minimum absolute atomic E-state index is 0.123. The Hall–Kier alpha value is -1.85. The number of rotatable bonds is 6. The SMILES string of the molecule is CC(C)CC(NC(=O)[C@@H]1CC=CC[C@@H]1C(=O)O)C(=O)O. The molecule has 6 nitrogen and oxygen atoms in total. The summed E-state index contributed by atoms with van der Waals surface area (Å²) >= 11 is 0. The quantitative estimate of drug-likeness (QED) is 0.637. The molecule has 0 radical (unpaired) electrons. The summed E-state index contributed by atoms with van der Waals surface area (Å²) in [7, 11) is 0.